The van der Waals surface area contributed by atoms with Crippen LogP contribution in [0, 0.1) is 20.8 Å². The monoisotopic (exact) mass is 394 g/mol. The van der Waals surface area contributed by atoms with Gasteiger partial charge in [-0.05, 0) is 62.6 Å². The summed E-state index contributed by atoms with van der Waals surface area (Å²) in [5.74, 6) is 0.690. The summed E-state index contributed by atoms with van der Waals surface area (Å²) in [6.07, 6.45) is 2.13. The first-order valence-corrected chi connectivity index (χ1v) is 10.3. The predicted octanol–water partition coefficient (Wildman–Crippen LogP) is 4.88. The van der Waals surface area contributed by atoms with Crippen molar-refractivity contribution in [3.05, 3.63) is 70.0 Å². The first-order chi connectivity index (χ1) is 13.4. The minimum Gasteiger partial charge on any atom is -0.494 e. The van der Waals surface area contributed by atoms with Gasteiger partial charge >= 0.3 is 0 Å². The van der Waals surface area contributed by atoms with Gasteiger partial charge in [0, 0.05) is 6.54 Å². The molecule has 0 saturated heterocycles. The lowest BCUT2D eigenvalue weighted by Gasteiger charge is -2.09. The summed E-state index contributed by atoms with van der Waals surface area (Å²) in [6.45, 7) is 13.2. The molecular formula is C23H26N2O2S. The lowest BCUT2D eigenvalue weighted by Crippen LogP contribution is -2.17. The molecule has 2 aromatic carbocycles. The molecule has 0 saturated carbocycles. The molecule has 146 valence electrons. The number of fused-ring (bicyclic) bond motifs is 1. The zero-order valence-corrected chi connectivity index (χ0v) is 17.7. The van der Waals surface area contributed by atoms with Crippen LogP contribution >= 0.6 is 11.3 Å². The van der Waals surface area contributed by atoms with Crippen LogP contribution in [0.5, 0.6) is 5.75 Å². The van der Waals surface area contributed by atoms with E-state index in [1.165, 1.54) is 16.9 Å². The number of nitrogens with zero attached hydrogens (tertiary/aromatic N) is 2. The fraction of sp³-hybridized carbons (Fsp3) is 0.304. The maximum atomic E-state index is 12.8. The Morgan fingerprint density at radius 1 is 1.21 bits per heavy atom. The van der Waals surface area contributed by atoms with Crippen molar-refractivity contribution in [1.29, 1.82) is 0 Å². The Labute approximate surface area is 169 Å². The first kappa shape index (κ1) is 20.1. The summed E-state index contributed by atoms with van der Waals surface area (Å²) in [4.78, 5) is 17.9. The molecule has 1 amide bonds. The fourth-order valence-electron chi connectivity index (χ4n) is 3.49. The third-order valence-electron chi connectivity index (χ3n) is 4.67. The third kappa shape index (κ3) is 4.25. The molecule has 1 aromatic heterocycles. The van der Waals surface area contributed by atoms with E-state index in [-0.39, 0.29) is 5.91 Å². The number of allylic oxidation sites excluding steroid dienone is 1. The van der Waals surface area contributed by atoms with Gasteiger partial charge in [-0.2, -0.15) is 4.99 Å². The topological polar surface area (TPSA) is 43.6 Å². The number of carbonyl (C=O) groups excluding carboxylic acids is 1. The molecule has 3 aromatic rings. The first-order valence-electron chi connectivity index (χ1n) is 9.44. The number of benzene rings is 2. The molecule has 0 aliphatic rings. The van der Waals surface area contributed by atoms with Crippen LogP contribution in [-0.2, 0) is 17.8 Å². The molecule has 0 bridgehead atoms. The van der Waals surface area contributed by atoms with Crippen LogP contribution in [0.25, 0.3) is 10.2 Å². The zero-order chi connectivity index (χ0) is 20.3. The smallest absolute Gasteiger partial charge is 0.252 e. The van der Waals surface area contributed by atoms with Crippen molar-refractivity contribution < 1.29 is 9.53 Å². The zero-order valence-electron chi connectivity index (χ0n) is 16.9. The number of rotatable bonds is 6. The van der Waals surface area contributed by atoms with Gasteiger partial charge < -0.3 is 9.30 Å². The van der Waals surface area contributed by atoms with Crippen LogP contribution in [0.1, 0.15) is 29.2 Å². The molecule has 0 atom stereocenters. The summed E-state index contributed by atoms with van der Waals surface area (Å²) >= 11 is 1.50. The summed E-state index contributed by atoms with van der Waals surface area (Å²) in [5.41, 5.74) is 5.58. The molecule has 0 N–H and O–H groups in total. The Bertz CT molecular complexity index is 1080. The summed E-state index contributed by atoms with van der Waals surface area (Å²) in [6, 6.07) is 10.2. The Hall–Kier alpha value is -2.66. The highest BCUT2D eigenvalue weighted by molar-refractivity contribution is 7.16. The van der Waals surface area contributed by atoms with Crippen molar-refractivity contribution in [1.82, 2.24) is 4.57 Å². The van der Waals surface area contributed by atoms with Gasteiger partial charge in [0.1, 0.15) is 5.75 Å². The highest BCUT2D eigenvalue weighted by atomic mass is 32.1. The number of aryl methyl sites for hydroxylation is 3. The Morgan fingerprint density at radius 3 is 2.57 bits per heavy atom. The Balaban J connectivity index is 2.01. The maximum Gasteiger partial charge on any atom is 0.252 e. The highest BCUT2D eigenvalue weighted by Crippen LogP contribution is 2.24. The summed E-state index contributed by atoms with van der Waals surface area (Å²) in [5, 5.41) is 0. The SMILES string of the molecule is C=CCn1c(=NC(=O)Cc2c(C)cc(C)cc2C)sc2cc(OCC)ccc21. The van der Waals surface area contributed by atoms with Gasteiger partial charge in [-0.15, -0.1) is 6.58 Å². The van der Waals surface area contributed by atoms with Gasteiger partial charge in [0.05, 0.1) is 23.2 Å². The van der Waals surface area contributed by atoms with Gasteiger partial charge in [0.25, 0.3) is 5.91 Å². The lowest BCUT2D eigenvalue weighted by molar-refractivity contribution is -0.117. The van der Waals surface area contributed by atoms with E-state index in [0.717, 1.165) is 32.7 Å². The average Bonchev–Trinajstić information content (AvgIpc) is 2.95. The van der Waals surface area contributed by atoms with E-state index in [0.29, 0.717) is 24.4 Å². The quantitative estimate of drug-likeness (QED) is 0.559. The van der Waals surface area contributed by atoms with Crippen LogP contribution in [-0.4, -0.2) is 17.1 Å². The second-order valence-electron chi connectivity index (χ2n) is 6.91. The van der Waals surface area contributed by atoms with E-state index < -0.39 is 0 Å². The summed E-state index contributed by atoms with van der Waals surface area (Å²) in [7, 11) is 0. The fourth-order valence-corrected chi connectivity index (χ4v) is 4.57. The number of amides is 1. The third-order valence-corrected chi connectivity index (χ3v) is 5.71. The van der Waals surface area contributed by atoms with E-state index >= 15 is 0 Å². The molecule has 5 heteroatoms. The molecule has 0 aliphatic carbocycles. The average molecular weight is 395 g/mol. The Kier molecular flexibility index (Phi) is 6.15. The second kappa shape index (κ2) is 8.57. The van der Waals surface area contributed by atoms with E-state index in [9.17, 15) is 4.79 Å². The van der Waals surface area contributed by atoms with Gasteiger partial charge in [-0.3, -0.25) is 4.79 Å². The van der Waals surface area contributed by atoms with E-state index in [1.807, 2.05) is 35.8 Å². The van der Waals surface area contributed by atoms with Gasteiger partial charge in [-0.25, -0.2) is 0 Å². The van der Waals surface area contributed by atoms with Crippen LogP contribution < -0.4 is 9.54 Å². The molecule has 0 unspecified atom stereocenters. The molecule has 28 heavy (non-hydrogen) atoms. The molecule has 0 fully saturated rings. The van der Waals surface area contributed by atoms with Crippen molar-refractivity contribution in [3.8, 4) is 5.75 Å². The lowest BCUT2D eigenvalue weighted by atomic mass is 9.97. The van der Waals surface area contributed by atoms with Crippen molar-refractivity contribution in [2.75, 3.05) is 6.61 Å². The molecule has 3 rings (SSSR count). The van der Waals surface area contributed by atoms with Crippen molar-refractivity contribution in [2.45, 2.75) is 40.7 Å². The van der Waals surface area contributed by atoms with Crippen molar-refractivity contribution in [2.24, 2.45) is 4.99 Å². The minimum absolute atomic E-state index is 0.135. The van der Waals surface area contributed by atoms with Gasteiger partial charge in [-0.1, -0.05) is 35.1 Å². The maximum absolute atomic E-state index is 12.8. The predicted molar refractivity (Wildman–Crippen MR) is 116 cm³/mol. The Morgan fingerprint density at radius 2 is 1.93 bits per heavy atom. The number of hydrogen-bond acceptors (Lipinski definition) is 3. The number of hydrogen-bond donors (Lipinski definition) is 0. The highest BCUT2D eigenvalue weighted by Gasteiger charge is 2.11. The van der Waals surface area contributed by atoms with Crippen LogP contribution in [0.15, 0.2) is 48.0 Å². The number of aromatic nitrogens is 1. The van der Waals surface area contributed by atoms with Gasteiger partial charge in [0.2, 0.25) is 0 Å². The molecule has 0 aliphatic heterocycles. The standard InChI is InChI=1S/C23H26N2O2S/c1-6-10-25-20-9-8-18(27-7-2)13-21(20)28-23(25)24-22(26)14-19-16(4)11-15(3)12-17(19)5/h6,8-9,11-13H,1,7,10,14H2,2-5H3. The van der Waals surface area contributed by atoms with Gasteiger partial charge in [0.15, 0.2) is 4.80 Å². The molecule has 1 heterocycles. The molecule has 4 nitrogen and oxygen atoms in total. The van der Waals surface area contributed by atoms with E-state index in [2.05, 4.69) is 44.5 Å². The summed E-state index contributed by atoms with van der Waals surface area (Å²) < 4.78 is 8.67. The minimum atomic E-state index is -0.135. The van der Waals surface area contributed by atoms with Crippen molar-refractivity contribution >= 4 is 27.5 Å². The molecule has 0 radical (unpaired) electrons. The molecular weight excluding hydrogens is 368 g/mol. The van der Waals surface area contributed by atoms with Crippen molar-refractivity contribution in [3.63, 3.8) is 0 Å². The van der Waals surface area contributed by atoms with Crippen LogP contribution in [0.3, 0.4) is 0 Å². The number of carbonyl (C=O) groups is 1. The largest absolute Gasteiger partial charge is 0.494 e. The van der Waals surface area contributed by atoms with Crippen LogP contribution in [0.2, 0.25) is 0 Å². The number of thiazole rings is 1. The van der Waals surface area contributed by atoms with E-state index in [4.69, 9.17) is 4.74 Å². The van der Waals surface area contributed by atoms with Crippen LogP contribution in [0.4, 0.5) is 0 Å². The molecule has 0 spiro atoms. The second-order valence-corrected chi connectivity index (χ2v) is 7.92. The van der Waals surface area contributed by atoms with E-state index in [1.54, 1.807) is 0 Å². The number of ether oxygens (including phenoxy) is 1. The normalized spacial score (nSPS) is 11.8.